The van der Waals surface area contributed by atoms with Crippen LogP contribution in [0.5, 0.6) is 0 Å². The molecular formula is C21H23N5O3. The maximum absolute atomic E-state index is 12.5. The zero-order chi connectivity index (χ0) is 20.2. The summed E-state index contributed by atoms with van der Waals surface area (Å²) in [6.07, 6.45) is 0. The third kappa shape index (κ3) is 4.31. The van der Waals surface area contributed by atoms with E-state index in [0.717, 1.165) is 17.8 Å². The van der Waals surface area contributed by atoms with Crippen molar-refractivity contribution in [1.82, 2.24) is 16.0 Å². The Morgan fingerprint density at radius 1 is 0.966 bits per heavy atom. The molecule has 0 spiro atoms. The van der Waals surface area contributed by atoms with E-state index in [1.807, 2.05) is 35.2 Å². The predicted octanol–water partition coefficient (Wildman–Crippen LogP) is 1.08. The summed E-state index contributed by atoms with van der Waals surface area (Å²) in [7, 11) is 0. The Kier molecular flexibility index (Phi) is 5.33. The maximum Gasteiger partial charge on any atom is 0.321 e. The lowest BCUT2D eigenvalue weighted by atomic mass is 10.1. The van der Waals surface area contributed by atoms with Crippen LogP contribution in [0.4, 0.5) is 16.2 Å². The second kappa shape index (κ2) is 8.22. The topological polar surface area (TPSA) is 93.8 Å². The molecule has 2 saturated heterocycles. The molecule has 4 rings (SSSR count). The van der Waals surface area contributed by atoms with Crippen LogP contribution >= 0.6 is 0 Å². The van der Waals surface area contributed by atoms with Gasteiger partial charge in [-0.3, -0.25) is 14.5 Å². The number of rotatable bonds is 5. The van der Waals surface area contributed by atoms with E-state index >= 15 is 0 Å². The molecule has 0 atom stereocenters. The van der Waals surface area contributed by atoms with Gasteiger partial charge < -0.3 is 20.9 Å². The second-order valence-electron chi connectivity index (χ2n) is 7.05. The van der Waals surface area contributed by atoms with Gasteiger partial charge in [0.25, 0.3) is 5.91 Å². The highest BCUT2D eigenvalue weighted by molar-refractivity contribution is 5.98. The van der Waals surface area contributed by atoms with Crippen LogP contribution in [0.2, 0.25) is 0 Å². The fourth-order valence-electron chi connectivity index (χ4n) is 3.50. The molecule has 8 heteroatoms. The van der Waals surface area contributed by atoms with E-state index in [1.54, 1.807) is 23.1 Å². The van der Waals surface area contributed by atoms with Crippen molar-refractivity contribution in [1.29, 1.82) is 0 Å². The van der Waals surface area contributed by atoms with Crippen molar-refractivity contribution in [2.24, 2.45) is 0 Å². The summed E-state index contributed by atoms with van der Waals surface area (Å²) in [5.41, 5.74) is 3.19. The average molecular weight is 393 g/mol. The van der Waals surface area contributed by atoms with Gasteiger partial charge in [0.2, 0.25) is 5.91 Å². The van der Waals surface area contributed by atoms with E-state index in [0.29, 0.717) is 44.0 Å². The van der Waals surface area contributed by atoms with Gasteiger partial charge in [-0.15, -0.1) is 0 Å². The van der Waals surface area contributed by atoms with E-state index in [9.17, 15) is 14.4 Å². The number of carbonyl (C=O) groups excluding carboxylic acids is 3. The van der Waals surface area contributed by atoms with Gasteiger partial charge in [0.1, 0.15) is 0 Å². The number of piperazine rings is 1. The lowest BCUT2D eigenvalue weighted by Crippen LogP contribution is -2.47. The van der Waals surface area contributed by atoms with Crippen LogP contribution in [0.1, 0.15) is 15.9 Å². The van der Waals surface area contributed by atoms with Crippen LogP contribution in [0.15, 0.2) is 48.5 Å². The number of hydrogen-bond acceptors (Lipinski definition) is 4. The number of carbonyl (C=O) groups is 3. The molecule has 4 amide bonds. The summed E-state index contributed by atoms with van der Waals surface area (Å²) in [5.74, 6) is -0.163. The van der Waals surface area contributed by atoms with Crippen molar-refractivity contribution in [3.63, 3.8) is 0 Å². The van der Waals surface area contributed by atoms with Crippen molar-refractivity contribution >= 4 is 29.2 Å². The van der Waals surface area contributed by atoms with Gasteiger partial charge in [0.15, 0.2) is 0 Å². The van der Waals surface area contributed by atoms with Crippen molar-refractivity contribution in [2.75, 3.05) is 42.5 Å². The van der Waals surface area contributed by atoms with Crippen LogP contribution in [0, 0.1) is 0 Å². The zero-order valence-electron chi connectivity index (χ0n) is 16.0. The number of benzene rings is 2. The first-order valence-electron chi connectivity index (χ1n) is 9.64. The van der Waals surface area contributed by atoms with Gasteiger partial charge in [0.05, 0.1) is 6.54 Å². The van der Waals surface area contributed by atoms with Crippen LogP contribution in [0.3, 0.4) is 0 Å². The van der Waals surface area contributed by atoms with Gasteiger partial charge in [0, 0.05) is 49.7 Å². The summed E-state index contributed by atoms with van der Waals surface area (Å²) in [6.45, 7) is 3.39. The fraction of sp³-hybridized carbons (Fsp3) is 0.286. The standard InChI is InChI=1S/C21H23N5O3/c27-19-14-25(10-8-22-19)17-6-4-15(5-7-17)13-24-20(28)16-2-1-3-18(12-16)26-11-9-23-21(26)29/h1-7,12H,8-11,13-14H2,(H,22,27)(H,23,29)(H,24,28). The van der Waals surface area contributed by atoms with Crippen molar-refractivity contribution in [2.45, 2.75) is 6.54 Å². The number of amides is 4. The summed E-state index contributed by atoms with van der Waals surface area (Å²) in [5, 5.41) is 8.48. The van der Waals surface area contributed by atoms with Gasteiger partial charge in [-0.2, -0.15) is 0 Å². The first-order chi connectivity index (χ1) is 14.1. The van der Waals surface area contributed by atoms with E-state index in [-0.39, 0.29) is 17.8 Å². The largest absolute Gasteiger partial charge is 0.360 e. The molecule has 3 N–H and O–H groups in total. The van der Waals surface area contributed by atoms with Gasteiger partial charge >= 0.3 is 6.03 Å². The Labute approximate surface area is 168 Å². The summed E-state index contributed by atoms with van der Waals surface area (Å²) >= 11 is 0. The molecule has 0 aliphatic carbocycles. The number of anilines is 2. The molecule has 2 heterocycles. The zero-order valence-corrected chi connectivity index (χ0v) is 16.0. The molecule has 0 saturated carbocycles. The molecule has 0 radical (unpaired) electrons. The predicted molar refractivity (Wildman–Crippen MR) is 110 cm³/mol. The highest BCUT2D eigenvalue weighted by atomic mass is 16.2. The summed E-state index contributed by atoms with van der Waals surface area (Å²) in [6, 6.07) is 14.7. The molecule has 2 aromatic rings. The smallest absolute Gasteiger partial charge is 0.321 e. The van der Waals surface area contributed by atoms with E-state index in [1.165, 1.54) is 0 Å². The van der Waals surface area contributed by atoms with Gasteiger partial charge in [-0.1, -0.05) is 18.2 Å². The summed E-state index contributed by atoms with van der Waals surface area (Å²) < 4.78 is 0. The molecule has 2 fully saturated rings. The number of nitrogens with zero attached hydrogens (tertiary/aromatic N) is 2. The van der Waals surface area contributed by atoms with Crippen molar-refractivity contribution in [3.8, 4) is 0 Å². The first-order valence-corrected chi connectivity index (χ1v) is 9.64. The minimum atomic E-state index is -0.191. The highest BCUT2D eigenvalue weighted by Gasteiger charge is 2.21. The maximum atomic E-state index is 12.5. The van der Waals surface area contributed by atoms with E-state index in [2.05, 4.69) is 16.0 Å². The molecule has 0 bridgehead atoms. The molecule has 2 aliphatic rings. The van der Waals surface area contributed by atoms with Crippen LogP contribution < -0.4 is 25.8 Å². The fourth-order valence-corrected chi connectivity index (χ4v) is 3.50. The number of hydrogen-bond donors (Lipinski definition) is 3. The minimum Gasteiger partial charge on any atom is -0.360 e. The van der Waals surface area contributed by atoms with Crippen molar-refractivity contribution in [3.05, 3.63) is 59.7 Å². The van der Waals surface area contributed by atoms with Gasteiger partial charge in [-0.25, -0.2) is 4.79 Å². The Morgan fingerprint density at radius 2 is 1.76 bits per heavy atom. The Bertz CT molecular complexity index is 928. The summed E-state index contributed by atoms with van der Waals surface area (Å²) in [4.78, 5) is 39.5. The highest BCUT2D eigenvalue weighted by Crippen LogP contribution is 2.19. The minimum absolute atomic E-state index is 0.0289. The molecule has 8 nitrogen and oxygen atoms in total. The quantitative estimate of drug-likeness (QED) is 0.709. The van der Waals surface area contributed by atoms with Crippen molar-refractivity contribution < 1.29 is 14.4 Å². The Morgan fingerprint density at radius 3 is 2.48 bits per heavy atom. The number of urea groups is 1. The van der Waals surface area contributed by atoms with E-state index in [4.69, 9.17) is 0 Å². The molecule has 150 valence electrons. The Hall–Kier alpha value is -3.55. The molecule has 0 aromatic heterocycles. The van der Waals surface area contributed by atoms with Crippen LogP contribution in [-0.4, -0.2) is 50.6 Å². The molecular weight excluding hydrogens is 370 g/mol. The molecule has 2 aromatic carbocycles. The van der Waals surface area contributed by atoms with Crippen LogP contribution in [0.25, 0.3) is 0 Å². The average Bonchev–Trinajstić information content (AvgIpc) is 3.18. The van der Waals surface area contributed by atoms with Crippen LogP contribution in [-0.2, 0) is 11.3 Å². The third-order valence-electron chi connectivity index (χ3n) is 5.07. The normalized spacial score (nSPS) is 16.4. The SMILES string of the molecule is O=C1CN(c2ccc(CNC(=O)c3cccc(N4CCNC4=O)c3)cc2)CCN1. The second-order valence-corrected chi connectivity index (χ2v) is 7.05. The Balaban J connectivity index is 1.36. The third-order valence-corrected chi connectivity index (χ3v) is 5.07. The lowest BCUT2D eigenvalue weighted by Gasteiger charge is -2.28. The monoisotopic (exact) mass is 393 g/mol. The lowest BCUT2D eigenvalue weighted by molar-refractivity contribution is -0.120. The first kappa shape index (κ1) is 18.8. The van der Waals surface area contributed by atoms with Gasteiger partial charge in [-0.05, 0) is 35.9 Å². The number of nitrogens with one attached hydrogen (secondary N) is 3. The van der Waals surface area contributed by atoms with E-state index < -0.39 is 0 Å². The molecule has 0 unspecified atom stereocenters. The molecule has 2 aliphatic heterocycles. The molecule has 29 heavy (non-hydrogen) atoms.